The van der Waals surface area contributed by atoms with Gasteiger partial charge in [-0.25, -0.2) is 18.0 Å². The minimum absolute atomic E-state index is 0.0571. The molecule has 0 saturated heterocycles. The lowest BCUT2D eigenvalue weighted by Gasteiger charge is -2.36. The van der Waals surface area contributed by atoms with Crippen LogP contribution >= 0.6 is 0 Å². The first-order valence-corrected chi connectivity index (χ1v) is 11.9. The van der Waals surface area contributed by atoms with E-state index in [1.165, 1.54) is 74.6 Å². The summed E-state index contributed by atoms with van der Waals surface area (Å²) in [4.78, 5) is 38.6. The molecule has 3 aromatic carbocycles. The van der Waals surface area contributed by atoms with Crippen LogP contribution in [0, 0.1) is 0 Å². The van der Waals surface area contributed by atoms with Crippen molar-refractivity contribution >= 4 is 39.2 Å². The first-order chi connectivity index (χ1) is 16.7. The summed E-state index contributed by atoms with van der Waals surface area (Å²) in [5.74, 6) is -0.336. The van der Waals surface area contributed by atoms with Gasteiger partial charge >= 0.3 is 12.0 Å². The van der Waals surface area contributed by atoms with Gasteiger partial charge in [0.05, 0.1) is 37.7 Å². The van der Waals surface area contributed by atoms with Crippen molar-refractivity contribution in [1.82, 2.24) is 0 Å². The number of hydrogen-bond acceptors (Lipinski definition) is 7. The Balaban J connectivity index is 1.84. The van der Waals surface area contributed by atoms with Crippen molar-refractivity contribution in [3.05, 3.63) is 83.4 Å². The van der Waals surface area contributed by atoms with Crippen LogP contribution in [0.15, 0.2) is 71.6 Å². The first kappa shape index (κ1) is 24.0. The maximum Gasteiger partial charge on any atom is 0.343 e. The molecule has 10 heteroatoms. The lowest BCUT2D eigenvalue weighted by Crippen LogP contribution is -2.50. The predicted molar refractivity (Wildman–Crippen MR) is 128 cm³/mol. The Morgan fingerprint density at radius 3 is 2.20 bits per heavy atom. The van der Waals surface area contributed by atoms with Crippen LogP contribution in [0.3, 0.4) is 0 Å². The number of fused-ring (bicyclic) bond motifs is 1. The van der Waals surface area contributed by atoms with Crippen molar-refractivity contribution in [3.63, 3.8) is 0 Å². The molecular weight excluding hydrogens is 472 g/mol. The van der Waals surface area contributed by atoms with E-state index >= 15 is 0 Å². The standard InChI is InChI=1S/C25H22N2O7S/c1-16(28)17-8-11-20(12-9-17)27-25(30)26(21-6-4-5-7-23(21)35(27,31)32)15-19-14-18(24(29)34-3)10-13-22(19)33-2/h4-14H,15H2,1-3H3. The number of ketones is 1. The number of methoxy groups -OCH3 is 2. The highest BCUT2D eigenvalue weighted by Crippen LogP contribution is 2.38. The van der Waals surface area contributed by atoms with Crippen molar-refractivity contribution in [2.24, 2.45) is 0 Å². The van der Waals surface area contributed by atoms with Crippen molar-refractivity contribution in [3.8, 4) is 5.75 Å². The topological polar surface area (TPSA) is 110 Å². The fraction of sp³-hybridized carbons (Fsp3) is 0.160. The van der Waals surface area contributed by atoms with Crippen LogP contribution in [0.2, 0.25) is 0 Å². The number of carbonyl (C=O) groups excluding carboxylic acids is 3. The molecule has 3 aromatic rings. The molecule has 0 fully saturated rings. The van der Waals surface area contributed by atoms with Gasteiger partial charge < -0.3 is 9.47 Å². The maximum atomic E-state index is 13.7. The molecule has 0 atom stereocenters. The largest absolute Gasteiger partial charge is 0.496 e. The van der Waals surface area contributed by atoms with Gasteiger partial charge in [0, 0.05) is 11.1 Å². The van der Waals surface area contributed by atoms with Gasteiger partial charge in [-0.2, -0.15) is 4.31 Å². The van der Waals surface area contributed by atoms with Gasteiger partial charge in [-0.15, -0.1) is 0 Å². The Morgan fingerprint density at radius 1 is 0.914 bits per heavy atom. The second kappa shape index (κ2) is 9.22. The van der Waals surface area contributed by atoms with Gasteiger partial charge in [-0.3, -0.25) is 9.69 Å². The van der Waals surface area contributed by atoms with Crippen LogP contribution in [-0.4, -0.2) is 40.4 Å². The summed E-state index contributed by atoms with van der Waals surface area (Å²) in [7, 11) is -1.52. The molecular formula is C25H22N2O7S. The molecule has 0 unspecified atom stereocenters. The molecule has 2 amide bonds. The summed E-state index contributed by atoms with van der Waals surface area (Å²) < 4.78 is 37.8. The predicted octanol–water partition coefficient (Wildman–Crippen LogP) is 4.02. The maximum absolute atomic E-state index is 13.7. The number of benzene rings is 3. The van der Waals surface area contributed by atoms with Crippen LogP contribution < -0.4 is 13.9 Å². The molecule has 0 bridgehead atoms. The van der Waals surface area contributed by atoms with Crippen LogP contribution in [0.4, 0.5) is 16.2 Å². The van der Waals surface area contributed by atoms with E-state index in [1.807, 2.05) is 0 Å². The number of Topliss-reactive ketones (excluding diaryl/α,β-unsaturated/α-hetero) is 1. The lowest BCUT2D eigenvalue weighted by molar-refractivity contribution is 0.0600. The van der Waals surface area contributed by atoms with Crippen molar-refractivity contribution in [2.45, 2.75) is 18.4 Å². The second-order valence-electron chi connectivity index (χ2n) is 7.73. The zero-order chi connectivity index (χ0) is 25.3. The van der Waals surface area contributed by atoms with Crippen LogP contribution in [0.25, 0.3) is 0 Å². The van der Waals surface area contributed by atoms with E-state index in [1.54, 1.807) is 18.2 Å². The van der Waals surface area contributed by atoms with E-state index in [0.29, 0.717) is 21.2 Å². The molecule has 180 valence electrons. The van der Waals surface area contributed by atoms with E-state index in [4.69, 9.17) is 9.47 Å². The Morgan fingerprint density at radius 2 is 1.57 bits per heavy atom. The molecule has 9 nitrogen and oxygen atoms in total. The SMILES string of the molecule is COC(=O)c1ccc(OC)c(CN2C(=O)N(c3ccc(C(C)=O)cc3)S(=O)(=O)c3ccccc32)c1. The monoisotopic (exact) mass is 494 g/mol. The highest BCUT2D eigenvalue weighted by atomic mass is 32.2. The van der Waals surface area contributed by atoms with Crippen LogP contribution in [-0.2, 0) is 21.3 Å². The molecule has 0 spiro atoms. The van der Waals surface area contributed by atoms with Gasteiger partial charge in [0.15, 0.2) is 5.78 Å². The third-order valence-corrected chi connectivity index (χ3v) is 7.37. The number of rotatable bonds is 6. The van der Waals surface area contributed by atoms with Gasteiger partial charge in [0.25, 0.3) is 10.0 Å². The number of nitrogens with zero attached hydrogens (tertiary/aromatic N) is 2. The van der Waals surface area contributed by atoms with E-state index < -0.39 is 22.0 Å². The highest BCUT2D eigenvalue weighted by Gasteiger charge is 2.42. The van der Waals surface area contributed by atoms with Crippen molar-refractivity contribution < 1.29 is 32.3 Å². The number of ether oxygens (including phenoxy) is 2. The van der Waals surface area contributed by atoms with E-state index in [9.17, 15) is 22.8 Å². The Labute approximate surface area is 202 Å². The van der Waals surface area contributed by atoms with Gasteiger partial charge in [0.1, 0.15) is 10.6 Å². The Kier molecular flexibility index (Phi) is 6.31. The zero-order valence-corrected chi connectivity index (χ0v) is 20.0. The number of carbonyl (C=O) groups is 3. The fourth-order valence-electron chi connectivity index (χ4n) is 3.86. The Hall–Kier alpha value is -4.18. The molecule has 0 N–H and O–H groups in total. The molecule has 0 aliphatic carbocycles. The van der Waals surface area contributed by atoms with E-state index in [0.717, 1.165) is 0 Å². The number of sulfonamides is 1. The number of hydrogen-bond donors (Lipinski definition) is 0. The van der Waals surface area contributed by atoms with Crippen molar-refractivity contribution in [2.75, 3.05) is 23.4 Å². The lowest BCUT2D eigenvalue weighted by atomic mass is 10.1. The Bertz CT molecular complexity index is 1430. The molecule has 1 heterocycles. The molecule has 4 rings (SSSR count). The minimum atomic E-state index is -4.23. The average Bonchev–Trinajstić information content (AvgIpc) is 2.86. The third kappa shape index (κ3) is 4.24. The average molecular weight is 495 g/mol. The summed E-state index contributed by atoms with van der Waals surface area (Å²) in [5, 5.41) is 0. The molecule has 0 radical (unpaired) electrons. The van der Waals surface area contributed by atoms with Gasteiger partial charge in [0.2, 0.25) is 0 Å². The molecule has 1 aliphatic rings. The molecule has 0 aromatic heterocycles. The zero-order valence-electron chi connectivity index (χ0n) is 19.2. The summed E-state index contributed by atoms with van der Waals surface area (Å²) in [6, 6.07) is 15.8. The second-order valence-corrected chi connectivity index (χ2v) is 9.48. The van der Waals surface area contributed by atoms with Crippen LogP contribution in [0.1, 0.15) is 33.2 Å². The number of amides is 2. The minimum Gasteiger partial charge on any atom is -0.496 e. The highest BCUT2D eigenvalue weighted by molar-refractivity contribution is 7.94. The smallest absolute Gasteiger partial charge is 0.343 e. The van der Waals surface area contributed by atoms with Crippen molar-refractivity contribution in [1.29, 1.82) is 0 Å². The number of urea groups is 1. The third-order valence-electron chi connectivity index (χ3n) is 5.62. The number of para-hydroxylation sites is 1. The summed E-state index contributed by atoms with van der Waals surface area (Å²) >= 11 is 0. The van der Waals surface area contributed by atoms with E-state index in [-0.39, 0.29) is 34.2 Å². The number of anilines is 2. The number of esters is 1. The van der Waals surface area contributed by atoms with E-state index in [2.05, 4.69) is 0 Å². The quantitative estimate of drug-likeness (QED) is 0.376. The summed E-state index contributed by atoms with van der Waals surface area (Å²) in [6.45, 7) is 1.31. The van der Waals surface area contributed by atoms with Crippen LogP contribution in [0.5, 0.6) is 5.75 Å². The van der Waals surface area contributed by atoms with Gasteiger partial charge in [-0.05, 0) is 61.5 Å². The summed E-state index contributed by atoms with van der Waals surface area (Å²) in [6.07, 6.45) is 0. The molecule has 35 heavy (non-hydrogen) atoms. The molecule has 1 aliphatic heterocycles. The first-order valence-electron chi connectivity index (χ1n) is 10.5. The molecule has 0 saturated carbocycles. The fourth-order valence-corrected chi connectivity index (χ4v) is 5.46. The van der Waals surface area contributed by atoms with Gasteiger partial charge in [-0.1, -0.05) is 12.1 Å². The summed E-state index contributed by atoms with van der Waals surface area (Å²) in [5.41, 5.74) is 1.40. The normalized spacial score (nSPS) is 14.3.